The molecule has 1 aromatic carbocycles. The van der Waals surface area contributed by atoms with Crippen molar-refractivity contribution >= 4 is 17.4 Å². The number of carbonyl (C=O) groups excluding carboxylic acids is 1. The summed E-state index contributed by atoms with van der Waals surface area (Å²) in [4.78, 5) is 18.8. The minimum atomic E-state index is -0.0541. The first-order valence-electron chi connectivity index (χ1n) is 8.61. The van der Waals surface area contributed by atoms with Gasteiger partial charge in [-0.05, 0) is 29.7 Å². The van der Waals surface area contributed by atoms with Crippen molar-refractivity contribution in [3.8, 4) is 5.75 Å². The molecule has 0 spiro atoms. The van der Waals surface area contributed by atoms with Gasteiger partial charge in [0.1, 0.15) is 5.75 Å². The summed E-state index contributed by atoms with van der Waals surface area (Å²) in [5.74, 6) is 0.249. The molecule has 0 unspecified atom stereocenters. The summed E-state index contributed by atoms with van der Waals surface area (Å²) in [5.41, 5.74) is 3.40. The second kappa shape index (κ2) is 7.04. The number of carbonyl (C=O) groups is 1. The van der Waals surface area contributed by atoms with E-state index in [1.165, 1.54) is 5.56 Å². The summed E-state index contributed by atoms with van der Waals surface area (Å²) >= 11 is 1.65. The molecule has 0 radical (unpaired) electrons. The fourth-order valence-corrected chi connectivity index (χ4v) is 3.90. The number of aromatic nitrogens is 1. The third kappa shape index (κ3) is 4.31. The molecule has 2 aromatic rings. The van der Waals surface area contributed by atoms with Crippen LogP contribution in [0.15, 0.2) is 23.6 Å². The zero-order valence-corrected chi connectivity index (χ0v) is 15.8. The van der Waals surface area contributed by atoms with E-state index in [-0.39, 0.29) is 17.2 Å². The molecule has 1 aliphatic heterocycles. The van der Waals surface area contributed by atoms with Crippen molar-refractivity contribution in [2.24, 2.45) is 0 Å². The molecular formula is C19H25N3O2S. The van der Waals surface area contributed by atoms with Crippen molar-refractivity contribution in [2.75, 3.05) is 13.1 Å². The monoisotopic (exact) mass is 359 g/mol. The second-order valence-electron chi connectivity index (χ2n) is 7.48. The quantitative estimate of drug-likeness (QED) is 0.882. The molecule has 0 saturated carbocycles. The van der Waals surface area contributed by atoms with Crippen molar-refractivity contribution in [3.63, 3.8) is 0 Å². The smallest absolute Gasteiger partial charge is 0.317 e. The number of aromatic hydroxyl groups is 1. The van der Waals surface area contributed by atoms with Crippen molar-refractivity contribution in [3.05, 3.63) is 45.4 Å². The summed E-state index contributed by atoms with van der Waals surface area (Å²) in [6.07, 6.45) is 1.57. The van der Waals surface area contributed by atoms with Crippen molar-refractivity contribution in [1.82, 2.24) is 15.2 Å². The molecule has 134 valence electrons. The Hall–Kier alpha value is -2.08. The first kappa shape index (κ1) is 17.7. The van der Waals surface area contributed by atoms with Crippen LogP contribution in [0.1, 0.15) is 42.6 Å². The third-order valence-electron chi connectivity index (χ3n) is 4.42. The van der Waals surface area contributed by atoms with Gasteiger partial charge in [0, 0.05) is 36.9 Å². The molecule has 5 nitrogen and oxygen atoms in total. The van der Waals surface area contributed by atoms with Crippen LogP contribution in [-0.2, 0) is 24.8 Å². The van der Waals surface area contributed by atoms with Gasteiger partial charge in [-0.3, -0.25) is 0 Å². The number of benzene rings is 1. The summed E-state index contributed by atoms with van der Waals surface area (Å²) in [7, 11) is 0. The Labute approximate surface area is 152 Å². The maximum absolute atomic E-state index is 12.4. The molecule has 0 bridgehead atoms. The Morgan fingerprint density at radius 2 is 2.16 bits per heavy atom. The van der Waals surface area contributed by atoms with E-state index in [2.05, 4.69) is 36.5 Å². The highest BCUT2D eigenvalue weighted by atomic mass is 32.1. The molecule has 6 heteroatoms. The Kier molecular flexibility index (Phi) is 4.99. The molecule has 0 aliphatic carbocycles. The Morgan fingerprint density at radius 3 is 2.88 bits per heavy atom. The summed E-state index contributed by atoms with van der Waals surface area (Å²) < 4.78 is 0. The van der Waals surface area contributed by atoms with E-state index in [4.69, 9.17) is 0 Å². The topological polar surface area (TPSA) is 65.5 Å². The maximum atomic E-state index is 12.4. The lowest BCUT2D eigenvalue weighted by Gasteiger charge is -2.29. The van der Waals surface area contributed by atoms with Gasteiger partial charge in [0.15, 0.2) is 0 Å². The van der Waals surface area contributed by atoms with E-state index in [0.29, 0.717) is 19.6 Å². The number of fused-ring (bicyclic) bond motifs is 1. The predicted molar refractivity (Wildman–Crippen MR) is 100 cm³/mol. The fraction of sp³-hybridized carbons (Fsp3) is 0.474. The number of thiazole rings is 1. The first-order chi connectivity index (χ1) is 11.8. The third-order valence-corrected chi connectivity index (χ3v) is 5.33. The molecule has 2 N–H and O–H groups in total. The van der Waals surface area contributed by atoms with Gasteiger partial charge < -0.3 is 15.3 Å². The number of rotatable bonds is 3. The van der Waals surface area contributed by atoms with Crippen LogP contribution in [0.25, 0.3) is 0 Å². The SMILES string of the molecule is CC(C)(C)c1csc(CCNC(=O)N2CCc3ccc(O)cc3C2)n1. The molecule has 0 saturated heterocycles. The van der Waals surface area contributed by atoms with Crippen LogP contribution in [0.4, 0.5) is 4.79 Å². The van der Waals surface area contributed by atoms with Crippen molar-refractivity contribution in [1.29, 1.82) is 0 Å². The van der Waals surface area contributed by atoms with E-state index < -0.39 is 0 Å². The van der Waals surface area contributed by atoms with Crippen LogP contribution in [0.2, 0.25) is 0 Å². The predicted octanol–water partition coefficient (Wildman–Crippen LogP) is 3.46. The minimum absolute atomic E-state index is 0.0541. The lowest BCUT2D eigenvalue weighted by molar-refractivity contribution is 0.192. The first-order valence-corrected chi connectivity index (χ1v) is 9.49. The largest absolute Gasteiger partial charge is 0.508 e. The van der Waals surface area contributed by atoms with Crippen molar-refractivity contribution in [2.45, 2.75) is 45.6 Å². The zero-order chi connectivity index (χ0) is 18.0. The van der Waals surface area contributed by atoms with Crippen molar-refractivity contribution < 1.29 is 9.90 Å². The molecule has 3 rings (SSSR count). The number of hydrogen-bond acceptors (Lipinski definition) is 4. The highest BCUT2D eigenvalue weighted by molar-refractivity contribution is 7.09. The van der Waals surface area contributed by atoms with Gasteiger partial charge in [-0.15, -0.1) is 11.3 Å². The molecule has 2 amide bonds. The van der Waals surface area contributed by atoms with Gasteiger partial charge >= 0.3 is 6.03 Å². The minimum Gasteiger partial charge on any atom is -0.508 e. The molecule has 1 aliphatic rings. The van der Waals surface area contributed by atoms with E-state index in [1.807, 2.05) is 6.07 Å². The van der Waals surface area contributed by atoms with Gasteiger partial charge in [0.05, 0.1) is 10.7 Å². The Balaban J connectivity index is 1.51. The van der Waals surface area contributed by atoms with E-state index in [1.54, 1.807) is 28.4 Å². The molecular weight excluding hydrogens is 334 g/mol. The average Bonchev–Trinajstić information content (AvgIpc) is 3.03. The number of nitrogens with zero attached hydrogens (tertiary/aromatic N) is 2. The molecule has 0 fully saturated rings. The number of phenolic OH excluding ortho intramolecular Hbond substituents is 1. The van der Waals surface area contributed by atoms with Gasteiger partial charge in [-0.2, -0.15) is 0 Å². The van der Waals surface area contributed by atoms with E-state index in [0.717, 1.165) is 29.1 Å². The number of amides is 2. The summed E-state index contributed by atoms with van der Waals surface area (Å²) in [6.45, 7) is 8.29. The van der Waals surface area contributed by atoms with Gasteiger partial charge in [0.25, 0.3) is 0 Å². The van der Waals surface area contributed by atoms with Gasteiger partial charge in [-0.25, -0.2) is 9.78 Å². The zero-order valence-electron chi connectivity index (χ0n) is 15.0. The number of phenols is 1. The van der Waals surface area contributed by atoms with Gasteiger partial charge in [-0.1, -0.05) is 26.8 Å². The average molecular weight is 359 g/mol. The molecule has 25 heavy (non-hydrogen) atoms. The van der Waals surface area contributed by atoms with Crippen LogP contribution in [0.5, 0.6) is 5.75 Å². The van der Waals surface area contributed by atoms with E-state index >= 15 is 0 Å². The summed E-state index contributed by atoms with van der Waals surface area (Å²) in [6, 6.07) is 5.34. The fourth-order valence-electron chi connectivity index (χ4n) is 2.88. The number of nitrogens with one attached hydrogen (secondary N) is 1. The Bertz CT molecular complexity index is 764. The molecule has 2 heterocycles. The lowest BCUT2D eigenvalue weighted by Crippen LogP contribution is -2.43. The highest BCUT2D eigenvalue weighted by Gasteiger charge is 2.21. The van der Waals surface area contributed by atoms with Crippen LogP contribution in [-0.4, -0.2) is 34.1 Å². The standard InChI is InChI=1S/C19H25N3O2S/c1-19(2,3)16-12-25-17(21-16)6-8-20-18(24)22-9-7-13-4-5-15(23)10-14(13)11-22/h4-5,10,12,23H,6-9,11H2,1-3H3,(H,20,24). The normalized spacial score (nSPS) is 14.3. The van der Waals surface area contributed by atoms with Crippen LogP contribution < -0.4 is 5.32 Å². The second-order valence-corrected chi connectivity index (χ2v) is 8.43. The summed E-state index contributed by atoms with van der Waals surface area (Å²) in [5, 5.41) is 15.8. The van der Waals surface area contributed by atoms with E-state index in [9.17, 15) is 9.90 Å². The highest BCUT2D eigenvalue weighted by Crippen LogP contribution is 2.24. The van der Waals surface area contributed by atoms with Crippen LogP contribution >= 0.6 is 11.3 Å². The van der Waals surface area contributed by atoms with Gasteiger partial charge in [0.2, 0.25) is 0 Å². The number of hydrogen-bond donors (Lipinski definition) is 2. The lowest BCUT2D eigenvalue weighted by atomic mass is 9.93. The number of urea groups is 1. The Morgan fingerprint density at radius 1 is 1.36 bits per heavy atom. The maximum Gasteiger partial charge on any atom is 0.317 e. The van der Waals surface area contributed by atoms with Crippen LogP contribution in [0, 0.1) is 0 Å². The molecule has 0 atom stereocenters. The molecule has 1 aromatic heterocycles. The van der Waals surface area contributed by atoms with Crippen LogP contribution in [0.3, 0.4) is 0 Å².